The average molecular weight is 387 g/mol. The largest absolute Gasteiger partial charge is 0.494 e. The monoisotopic (exact) mass is 387 g/mol. The van der Waals surface area contributed by atoms with Crippen LogP contribution in [-0.4, -0.2) is 28.1 Å². The summed E-state index contributed by atoms with van der Waals surface area (Å²) in [5.74, 6) is 2.24. The van der Waals surface area contributed by atoms with Gasteiger partial charge in [-0.05, 0) is 56.2 Å². The highest BCUT2D eigenvalue weighted by molar-refractivity contribution is 5.83. The van der Waals surface area contributed by atoms with Crippen molar-refractivity contribution in [2.75, 3.05) is 23.8 Å². The highest BCUT2D eigenvalue weighted by Crippen LogP contribution is 2.21. The molecule has 2 aromatic heterocycles. The fourth-order valence-corrected chi connectivity index (χ4v) is 3.31. The molecule has 3 N–H and O–H groups in total. The van der Waals surface area contributed by atoms with Crippen LogP contribution in [0.3, 0.4) is 0 Å². The molecule has 148 valence electrons. The molecule has 29 heavy (non-hydrogen) atoms. The third-order valence-electron chi connectivity index (χ3n) is 4.64. The number of anilines is 3. The SMILES string of the molecule is CCOc1ccc(Nc2cc(C)nc(NCCc3c[nH]c4ccccc34)n2)cc1. The molecular weight excluding hydrogens is 362 g/mol. The molecule has 0 amide bonds. The van der Waals surface area contributed by atoms with E-state index in [9.17, 15) is 0 Å². The summed E-state index contributed by atoms with van der Waals surface area (Å²) in [5, 5.41) is 7.94. The van der Waals surface area contributed by atoms with Gasteiger partial charge < -0.3 is 20.4 Å². The van der Waals surface area contributed by atoms with Crippen LogP contribution >= 0.6 is 0 Å². The van der Waals surface area contributed by atoms with Crippen LogP contribution < -0.4 is 15.4 Å². The van der Waals surface area contributed by atoms with Crippen LogP contribution in [0.2, 0.25) is 0 Å². The molecule has 0 atom stereocenters. The molecule has 2 heterocycles. The zero-order valence-electron chi connectivity index (χ0n) is 16.7. The Hall–Kier alpha value is -3.54. The normalized spacial score (nSPS) is 10.8. The average Bonchev–Trinajstić information content (AvgIpc) is 3.13. The number of aromatic nitrogens is 3. The number of nitrogens with one attached hydrogen (secondary N) is 3. The molecule has 0 aliphatic carbocycles. The summed E-state index contributed by atoms with van der Waals surface area (Å²) in [7, 11) is 0. The highest BCUT2D eigenvalue weighted by atomic mass is 16.5. The van der Waals surface area contributed by atoms with E-state index in [4.69, 9.17) is 4.74 Å². The Morgan fingerprint density at radius 2 is 1.86 bits per heavy atom. The number of ether oxygens (including phenoxy) is 1. The summed E-state index contributed by atoms with van der Waals surface area (Å²) in [6.45, 7) is 5.36. The lowest BCUT2D eigenvalue weighted by Gasteiger charge is -2.10. The summed E-state index contributed by atoms with van der Waals surface area (Å²) >= 11 is 0. The van der Waals surface area contributed by atoms with Gasteiger partial charge in [-0.2, -0.15) is 4.98 Å². The molecule has 4 aromatic rings. The summed E-state index contributed by atoms with van der Waals surface area (Å²) in [5.41, 5.74) is 4.31. The second-order valence-corrected chi connectivity index (χ2v) is 6.84. The van der Waals surface area contributed by atoms with E-state index >= 15 is 0 Å². The van der Waals surface area contributed by atoms with Gasteiger partial charge in [-0.25, -0.2) is 4.98 Å². The maximum atomic E-state index is 5.49. The zero-order chi connectivity index (χ0) is 20.1. The van der Waals surface area contributed by atoms with E-state index in [0.29, 0.717) is 12.6 Å². The van der Waals surface area contributed by atoms with Gasteiger partial charge in [-0.15, -0.1) is 0 Å². The molecule has 0 aliphatic heterocycles. The molecule has 2 aromatic carbocycles. The first-order valence-corrected chi connectivity index (χ1v) is 9.85. The maximum absolute atomic E-state index is 5.49. The first-order valence-electron chi connectivity index (χ1n) is 9.85. The Balaban J connectivity index is 1.40. The van der Waals surface area contributed by atoms with Crippen molar-refractivity contribution >= 4 is 28.4 Å². The topological polar surface area (TPSA) is 74.9 Å². The highest BCUT2D eigenvalue weighted by Gasteiger charge is 2.06. The Kier molecular flexibility index (Phi) is 5.61. The fourth-order valence-electron chi connectivity index (χ4n) is 3.31. The number of aryl methyl sites for hydroxylation is 1. The quantitative estimate of drug-likeness (QED) is 0.394. The molecule has 0 radical (unpaired) electrons. The van der Waals surface area contributed by atoms with Crippen LogP contribution in [0.25, 0.3) is 10.9 Å². The second-order valence-electron chi connectivity index (χ2n) is 6.84. The Morgan fingerprint density at radius 3 is 2.69 bits per heavy atom. The van der Waals surface area contributed by atoms with Crippen LogP contribution in [0.15, 0.2) is 60.8 Å². The lowest BCUT2D eigenvalue weighted by atomic mass is 10.1. The lowest BCUT2D eigenvalue weighted by molar-refractivity contribution is 0.340. The number of para-hydroxylation sites is 1. The fraction of sp³-hybridized carbons (Fsp3) is 0.217. The summed E-state index contributed by atoms with van der Waals surface area (Å²) in [4.78, 5) is 12.4. The van der Waals surface area contributed by atoms with Gasteiger partial charge in [0.1, 0.15) is 11.6 Å². The van der Waals surface area contributed by atoms with Crippen molar-refractivity contribution < 1.29 is 4.74 Å². The van der Waals surface area contributed by atoms with Crippen LogP contribution in [0.4, 0.5) is 17.5 Å². The van der Waals surface area contributed by atoms with Gasteiger partial charge in [-0.1, -0.05) is 18.2 Å². The smallest absolute Gasteiger partial charge is 0.224 e. The van der Waals surface area contributed by atoms with Crippen molar-refractivity contribution in [1.82, 2.24) is 15.0 Å². The number of hydrogen-bond donors (Lipinski definition) is 3. The molecule has 0 saturated heterocycles. The number of nitrogens with zero attached hydrogens (tertiary/aromatic N) is 2. The van der Waals surface area contributed by atoms with Gasteiger partial charge in [0, 0.05) is 41.1 Å². The van der Waals surface area contributed by atoms with E-state index in [1.54, 1.807) is 0 Å². The van der Waals surface area contributed by atoms with Crippen molar-refractivity contribution in [3.05, 3.63) is 72.1 Å². The summed E-state index contributed by atoms with van der Waals surface area (Å²) in [6, 6.07) is 18.1. The molecule has 6 nitrogen and oxygen atoms in total. The van der Waals surface area contributed by atoms with Gasteiger partial charge in [0.15, 0.2) is 0 Å². The molecule has 0 unspecified atom stereocenters. The van der Waals surface area contributed by atoms with Gasteiger partial charge in [0.05, 0.1) is 6.61 Å². The predicted octanol–water partition coefficient (Wildman–Crippen LogP) is 5.06. The van der Waals surface area contributed by atoms with E-state index in [0.717, 1.165) is 41.4 Å². The third-order valence-corrected chi connectivity index (χ3v) is 4.64. The van der Waals surface area contributed by atoms with E-state index in [1.807, 2.05) is 50.2 Å². The van der Waals surface area contributed by atoms with Crippen molar-refractivity contribution in [3.63, 3.8) is 0 Å². The first kappa shape index (κ1) is 18.8. The molecule has 0 fully saturated rings. The number of aromatic amines is 1. The predicted molar refractivity (Wildman–Crippen MR) is 118 cm³/mol. The van der Waals surface area contributed by atoms with Crippen molar-refractivity contribution in [2.24, 2.45) is 0 Å². The minimum atomic E-state index is 0.623. The first-order chi connectivity index (χ1) is 14.2. The molecule has 0 bridgehead atoms. The number of H-pyrrole nitrogens is 1. The van der Waals surface area contributed by atoms with Crippen LogP contribution in [-0.2, 0) is 6.42 Å². The molecule has 0 aliphatic rings. The van der Waals surface area contributed by atoms with Gasteiger partial charge in [0.25, 0.3) is 0 Å². The minimum Gasteiger partial charge on any atom is -0.494 e. The number of fused-ring (bicyclic) bond motifs is 1. The minimum absolute atomic E-state index is 0.623. The maximum Gasteiger partial charge on any atom is 0.224 e. The van der Waals surface area contributed by atoms with E-state index < -0.39 is 0 Å². The Bertz CT molecular complexity index is 1090. The zero-order valence-corrected chi connectivity index (χ0v) is 16.7. The summed E-state index contributed by atoms with van der Waals surface area (Å²) < 4.78 is 5.49. The molecule has 0 saturated carbocycles. The van der Waals surface area contributed by atoms with Gasteiger partial charge >= 0.3 is 0 Å². The van der Waals surface area contributed by atoms with Gasteiger partial charge in [-0.3, -0.25) is 0 Å². The Labute approximate surface area is 170 Å². The molecular formula is C23H25N5O. The summed E-state index contributed by atoms with van der Waals surface area (Å²) in [6.07, 6.45) is 2.96. The van der Waals surface area contributed by atoms with Crippen LogP contribution in [0.5, 0.6) is 5.75 Å². The van der Waals surface area contributed by atoms with E-state index in [2.05, 4.69) is 50.0 Å². The lowest BCUT2D eigenvalue weighted by Crippen LogP contribution is -2.09. The number of rotatable bonds is 8. The molecule has 4 rings (SSSR count). The Morgan fingerprint density at radius 1 is 1.03 bits per heavy atom. The third kappa shape index (κ3) is 4.66. The van der Waals surface area contributed by atoms with E-state index in [1.165, 1.54) is 10.9 Å². The molecule has 6 heteroatoms. The van der Waals surface area contributed by atoms with Crippen LogP contribution in [0, 0.1) is 6.92 Å². The van der Waals surface area contributed by atoms with Crippen molar-refractivity contribution in [3.8, 4) is 5.75 Å². The van der Waals surface area contributed by atoms with Gasteiger partial charge in [0.2, 0.25) is 5.95 Å². The van der Waals surface area contributed by atoms with E-state index in [-0.39, 0.29) is 0 Å². The molecule has 0 spiro atoms. The second kappa shape index (κ2) is 8.65. The van der Waals surface area contributed by atoms with Crippen molar-refractivity contribution in [2.45, 2.75) is 20.3 Å². The van der Waals surface area contributed by atoms with Crippen LogP contribution in [0.1, 0.15) is 18.2 Å². The standard InChI is InChI=1S/C23H25N5O/c1-3-29-19-10-8-18(9-11-19)27-22-14-16(2)26-23(28-22)24-13-12-17-15-25-21-7-5-4-6-20(17)21/h4-11,14-15,25H,3,12-13H2,1-2H3,(H2,24,26,27,28). The number of benzene rings is 2. The number of hydrogen-bond acceptors (Lipinski definition) is 5. The van der Waals surface area contributed by atoms with Crippen molar-refractivity contribution in [1.29, 1.82) is 0 Å².